The highest BCUT2D eigenvalue weighted by atomic mass is 31.2. The first-order valence-electron chi connectivity index (χ1n) is 17.0. The van der Waals surface area contributed by atoms with Crippen molar-refractivity contribution < 1.29 is 28.8 Å². The first-order valence-corrected chi connectivity index (χ1v) is 18.7. The number of hydrogen-bond acceptors (Lipinski definition) is 6. The lowest BCUT2D eigenvalue weighted by molar-refractivity contribution is 0.400. The van der Waals surface area contributed by atoms with Crippen LogP contribution in [-0.2, 0) is 4.57 Å². The van der Waals surface area contributed by atoms with Crippen LogP contribution in [0.1, 0.15) is 33.5 Å². The summed E-state index contributed by atoms with van der Waals surface area (Å²) >= 11 is 0. The van der Waals surface area contributed by atoms with Gasteiger partial charge in [-0.25, -0.2) is 0 Å². The molecule has 0 spiro atoms. The first-order chi connectivity index (χ1) is 25.2. The van der Waals surface area contributed by atoms with E-state index in [9.17, 15) is 10.2 Å². The van der Waals surface area contributed by atoms with Crippen molar-refractivity contribution in [1.29, 1.82) is 0 Å². The molecule has 1 aliphatic heterocycles. The zero-order chi connectivity index (χ0) is 36.0. The molecule has 0 fully saturated rings. The van der Waals surface area contributed by atoms with Gasteiger partial charge in [-0.1, -0.05) is 78.4 Å². The number of nitrogens with zero attached hydrogens (tertiary/aromatic N) is 1. The van der Waals surface area contributed by atoms with Crippen LogP contribution in [0.2, 0.25) is 0 Å². The second-order valence-electron chi connectivity index (χ2n) is 13.0. The van der Waals surface area contributed by atoms with Gasteiger partial charge in [0.15, 0.2) is 0 Å². The SMILES string of the molecule is Cc1ccc(Oc2ccc(C(c3ccc(Oc4ccc(-n5c(O)c(C)c(C)c5O)cc4)cc3)P3(=O)Oc4ccccc4-c4ccccc43)cc2)cc1. The molecule has 1 aliphatic rings. The molecule has 1 aromatic heterocycles. The number of hydrogen-bond donors (Lipinski definition) is 2. The van der Waals surface area contributed by atoms with E-state index < -0.39 is 13.0 Å². The zero-order valence-electron chi connectivity index (χ0n) is 28.9. The van der Waals surface area contributed by atoms with Crippen LogP contribution in [0, 0.1) is 20.8 Å². The van der Waals surface area contributed by atoms with E-state index in [1.54, 1.807) is 38.1 Å². The Labute approximate surface area is 302 Å². The Balaban J connectivity index is 1.13. The van der Waals surface area contributed by atoms with E-state index >= 15 is 4.57 Å². The topological polar surface area (TPSA) is 90.2 Å². The number of benzene rings is 6. The molecule has 52 heavy (non-hydrogen) atoms. The highest BCUT2D eigenvalue weighted by molar-refractivity contribution is 7.68. The van der Waals surface area contributed by atoms with Gasteiger partial charge in [0.1, 0.15) is 34.4 Å². The predicted molar refractivity (Wildman–Crippen MR) is 204 cm³/mol. The molecule has 7 nitrogen and oxygen atoms in total. The van der Waals surface area contributed by atoms with Gasteiger partial charge in [-0.05, 0) is 110 Å². The van der Waals surface area contributed by atoms with Crippen LogP contribution >= 0.6 is 7.37 Å². The van der Waals surface area contributed by atoms with Crippen LogP contribution in [0.4, 0.5) is 0 Å². The third-order valence-electron chi connectivity index (χ3n) is 9.63. The molecule has 2 atom stereocenters. The molecule has 0 saturated heterocycles. The van der Waals surface area contributed by atoms with Gasteiger partial charge >= 0.3 is 0 Å². The quantitative estimate of drug-likeness (QED) is 0.153. The third-order valence-corrected chi connectivity index (χ3v) is 12.4. The summed E-state index contributed by atoms with van der Waals surface area (Å²) in [5, 5.41) is 21.8. The number of aromatic nitrogens is 1. The lowest BCUT2D eigenvalue weighted by Gasteiger charge is -2.34. The average Bonchev–Trinajstić information content (AvgIpc) is 3.36. The number of para-hydroxylation sites is 1. The molecule has 2 unspecified atom stereocenters. The maximum absolute atomic E-state index is 15.6. The van der Waals surface area contributed by atoms with Gasteiger partial charge in [0.25, 0.3) is 7.37 Å². The van der Waals surface area contributed by atoms with Crippen molar-refractivity contribution in [1.82, 2.24) is 4.57 Å². The first kappa shape index (κ1) is 33.0. The van der Waals surface area contributed by atoms with E-state index in [0.29, 0.717) is 45.1 Å². The normalized spacial score (nSPS) is 15.2. The summed E-state index contributed by atoms with van der Waals surface area (Å²) in [6, 6.07) is 45.8. The van der Waals surface area contributed by atoms with Crippen molar-refractivity contribution in [3.63, 3.8) is 0 Å². The Hall–Kier alpha value is -6.17. The minimum atomic E-state index is -3.63. The van der Waals surface area contributed by atoms with Crippen LogP contribution in [-0.4, -0.2) is 14.8 Å². The summed E-state index contributed by atoms with van der Waals surface area (Å²) < 4.78 is 35.9. The molecule has 0 radical (unpaired) electrons. The Kier molecular flexibility index (Phi) is 8.37. The number of rotatable bonds is 8. The van der Waals surface area contributed by atoms with Crippen molar-refractivity contribution in [3.8, 4) is 57.3 Å². The molecule has 0 amide bonds. The zero-order valence-corrected chi connectivity index (χ0v) is 29.8. The molecular formula is C44H36NO6P. The van der Waals surface area contributed by atoms with E-state index in [-0.39, 0.29) is 11.8 Å². The van der Waals surface area contributed by atoms with Crippen molar-refractivity contribution >= 4 is 12.7 Å². The van der Waals surface area contributed by atoms with E-state index in [2.05, 4.69) is 0 Å². The van der Waals surface area contributed by atoms with Crippen LogP contribution in [0.5, 0.6) is 40.5 Å². The molecule has 8 rings (SSSR count). The summed E-state index contributed by atoms with van der Waals surface area (Å²) in [4.78, 5) is 0. The second kappa shape index (κ2) is 13.2. The lowest BCUT2D eigenvalue weighted by Crippen LogP contribution is -2.22. The molecule has 0 saturated carbocycles. The summed E-state index contributed by atoms with van der Waals surface area (Å²) in [5.74, 6) is 3.14. The smallest absolute Gasteiger partial charge is 0.289 e. The van der Waals surface area contributed by atoms with E-state index in [1.807, 2.05) is 128 Å². The van der Waals surface area contributed by atoms with E-state index in [1.165, 1.54) is 4.57 Å². The van der Waals surface area contributed by atoms with Crippen molar-refractivity contribution in [2.45, 2.75) is 26.4 Å². The summed E-state index contributed by atoms with van der Waals surface area (Å²) in [6.45, 7) is 5.56. The second-order valence-corrected chi connectivity index (χ2v) is 15.4. The minimum Gasteiger partial charge on any atom is -0.494 e. The Bertz CT molecular complexity index is 2430. The van der Waals surface area contributed by atoms with Crippen LogP contribution in [0.15, 0.2) is 146 Å². The Morgan fingerprint density at radius 2 is 1.00 bits per heavy atom. The van der Waals surface area contributed by atoms with Crippen LogP contribution in [0.3, 0.4) is 0 Å². The summed E-state index contributed by atoms with van der Waals surface area (Å²) in [7, 11) is -3.63. The highest BCUT2D eigenvalue weighted by Gasteiger charge is 2.44. The van der Waals surface area contributed by atoms with E-state index in [4.69, 9.17) is 14.0 Å². The van der Waals surface area contributed by atoms with Gasteiger partial charge in [0, 0.05) is 16.7 Å². The molecule has 0 bridgehead atoms. The van der Waals surface area contributed by atoms with Gasteiger partial charge in [-0.15, -0.1) is 0 Å². The van der Waals surface area contributed by atoms with Crippen molar-refractivity contribution in [2.24, 2.45) is 0 Å². The van der Waals surface area contributed by atoms with Crippen molar-refractivity contribution in [2.75, 3.05) is 0 Å². The largest absolute Gasteiger partial charge is 0.494 e. The maximum Gasteiger partial charge on any atom is 0.289 e. The number of aryl methyl sites for hydroxylation is 1. The monoisotopic (exact) mass is 705 g/mol. The molecule has 6 aromatic carbocycles. The molecular weight excluding hydrogens is 669 g/mol. The molecule has 0 aliphatic carbocycles. The van der Waals surface area contributed by atoms with Gasteiger partial charge in [0.2, 0.25) is 11.8 Å². The third kappa shape index (κ3) is 5.89. The standard InChI is InChI=1S/C44H36NO6P/c1-28-12-20-34(21-13-28)49-35-22-14-31(15-23-35)42(52(48)41-11-7-5-9-39(41)38-8-4-6-10-40(38)51-52)32-16-24-36(25-17-32)50-37-26-18-33(19-27-37)45-43(46)29(2)30(3)44(45)47/h4-27,42,46-47H,1-3H3. The fraction of sp³-hybridized carbons (Fsp3) is 0.0909. The summed E-state index contributed by atoms with van der Waals surface area (Å²) in [5.41, 5.74) is 5.78. The van der Waals surface area contributed by atoms with Gasteiger partial charge in [-0.2, -0.15) is 0 Å². The molecule has 8 heteroatoms. The minimum absolute atomic E-state index is 0.00529. The van der Waals surface area contributed by atoms with Crippen LogP contribution < -0.4 is 19.3 Å². The van der Waals surface area contributed by atoms with E-state index in [0.717, 1.165) is 33.6 Å². The fourth-order valence-electron chi connectivity index (χ4n) is 6.71. The number of ether oxygens (including phenoxy) is 2. The molecule has 2 N–H and O–H groups in total. The Morgan fingerprint density at radius 1 is 0.558 bits per heavy atom. The highest BCUT2D eigenvalue weighted by Crippen LogP contribution is 2.65. The fourth-order valence-corrected chi connectivity index (χ4v) is 9.59. The maximum atomic E-state index is 15.6. The Morgan fingerprint density at radius 3 is 1.54 bits per heavy atom. The molecule has 2 heterocycles. The van der Waals surface area contributed by atoms with Gasteiger partial charge in [-0.3, -0.25) is 9.13 Å². The lowest BCUT2D eigenvalue weighted by atomic mass is 10.0. The van der Waals surface area contributed by atoms with Gasteiger partial charge < -0.3 is 24.2 Å². The van der Waals surface area contributed by atoms with Crippen molar-refractivity contribution in [3.05, 3.63) is 173 Å². The van der Waals surface area contributed by atoms with Crippen LogP contribution in [0.25, 0.3) is 16.8 Å². The summed E-state index contributed by atoms with van der Waals surface area (Å²) in [6.07, 6.45) is 0. The van der Waals surface area contributed by atoms with Gasteiger partial charge in [0.05, 0.1) is 11.0 Å². The number of aromatic hydroxyl groups is 2. The number of fused-ring (bicyclic) bond motifs is 3. The molecule has 7 aromatic rings. The average molecular weight is 706 g/mol. The molecule has 258 valence electrons. The predicted octanol–water partition coefficient (Wildman–Crippen LogP) is 11.2.